The number of nitrogens with zero attached hydrogens (tertiary/aromatic N) is 8. The summed E-state index contributed by atoms with van der Waals surface area (Å²) in [5.74, 6) is 0.595. The third kappa shape index (κ3) is 6.61. The van der Waals surface area contributed by atoms with Gasteiger partial charge in [-0.2, -0.15) is 25.3 Å². The normalized spacial score (nSPS) is 13.4. The Balaban J connectivity index is 0.000000137. The Labute approximate surface area is 441 Å². The molecule has 0 aliphatic carbocycles. The van der Waals surface area contributed by atoms with Crippen molar-refractivity contribution in [3.05, 3.63) is 158 Å². The molecule has 4 N–H and O–H groups in total. The molecule has 16 rings (SSSR count). The summed E-state index contributed by atoms with van der Waals surface area (Å²) < 4.78 is 110. The maximum atomic E-state index is 13.9. The third-order valence-corrected chi connectivity index (χ3v) is 17.8. The molecule has 0 amide bonds. The number of imidazole rings is 4. The highest BCUT2D eigenvalue weighted by molar-refractivity contribution is 7.94. The van der Waals surface area contributed by atoms with E-state index >= 15 is 0 Å². The summed E-state index contributed by atoms with van der Waals surface area (Å²) in [6.07, 6.45) is 0. The van der Waals surface area contributed by atoms with E-state index in [1.165, 1.54) is 61.7 Å². The smallest absolute Gasteiger partial charge is 0.294 e. The van der Waals surface area contributed by atoms with Crippen LogP contribution < -0.4 is 16.7 Å². The van der Waals surface area contributed by atoms with Crippen molar-refractivity contribution < 1.29 is 53.5 Å². The van der Waals surface area contributed by atoms with E-state index < -0.39 is 35.9 Å². The largest absolute Gasteiger partial charge is 0.319 e. The molecule has 0 fully saturated rings. The summed E-state index contributed by atoms with van der Waals surface area (Å²) >= 11 is 0.764. The van der Waals surface area contributed by atoms with Crippen LogP contribution in [-0.4, -0.2) is 81.9 Å². The van der Waals surface area contributed by atoms with E-state index in [0.717, 1.165) is 28.6 Å². The molecule has 15 aromatic rings. The van der Waals surface area contributed by atoms with E-state index in [4.69, 9.17) is 15.2 Å². The van der Waals surface area contributed by atoms with Gasteiger partial charge >= 0.3 is 0 Å². The number of rotatable bonds is 6. The van der Waals surface area contributed by atoms with Crippen LogP contribution in [0.3, 0.4) is 0 Å². The van der Waals surface area contributed by atoms with E-state index in [1.54, 1.807) is 54.6 Å². The molecule has 0 saturated carbocycles. The Morgan fingerprint density at radius 3 is 1.30 bits per heavy atom. The SMILES string of the molecule is O=c1c2ccc3c4c(ccc(c24)c2nc4ccc(SOOO)cc4n12)c(=O)n1c2cc(S(=O)(=O)O)ccc2nc31.O=c1c2ccc3c4c(ccc(c42)c2nc4ccc(S(=O)(=O)O)cc4n12)-c1nc2ccc(S(=O)(=O)O)cc2n1C3. The van der Waals surface area contributed by atoms with E-state index in [0.29, 0.717) is 116 Å². The van der Waals surface area contributed by atoms with Crippen molar-refractivity contribution in [1.29, 1.82) is 0 Å². The lowest BCUT2D eigenvalue weighted by atomic mass is 9.91. The molecule has 27 heteroatoms. The number of fused-ring (bicyclic) bond motifs is 16. The van der Waals surface area contributed by atoms with Crippen molar-refractivity contribution in [3.63, 3.8) is 0 Å². The third-order valence-electron chi connectivity index (χ3n) is 14.7. The van der Waals surface area contributed by atoms with Crippen molar-refractivity contribution in [1.82, 2.24) is 37.7 Å². The second kappa shape index (κ2) is 15.9. The molecule has 0 radical (unpaired) electrons. The van der Waals surface area contributed by atoms with Gasteiger partial charge in [0.05, 0.1) is 77.4 Å². The molecule has 1 aliphatic heterocycles. The molecule has 0 unspecified atom stereocenters. The fourth-order valence-corrected chi connectivity index (χ4v) is 13.3. The lowest BCUT2D eigenvalue weighted by Gasteiger charge is -2.21. The monoisotopic (exact) mass is 1130 g/mol. The molecule has 1 aliphatic rings. The van der Waals surface area contributed by atoms with Crippen LogP contribution in [-0.2, 0) is 46.3 Å². The predicted octanol–water partition coefficient (Wildman–Crippen LogP) is 7.48. The molecule has 8 heterocycles. The van der Waals surface area contributed by atoms with Crippen LogP contribution >= 0.6 is 12.0 Å². The summed E-state index contributed by atoms with van der Waals surface area (Å²) in [6, 6.07) is 31.1. The minimum Gasteiger partial charge on any atom is -0.319 e. The van der Waals surface area contributed by atoms with Gasteiger partial charge in [0.15, 0.2) is 0 Å². The molecule has 23 nitrogen and oxygen atoms in total. The van der Waals surface area contributed by atoms with E-state index in [1.807, 2.05) is 22.8 Å². The average Bonchev–Trinajstić information content (AvgIpc) is 4.44. The van der Waals surface area contributed by atoms with Gasteiger partial charge in [-0.15, -0.1) is 4.33 Å². The van der Waals surface area contributed by atoms with Gasteiger partial charge in [0, 0.05) is 58.9 Å². The first kappa shape index (κ1) is 47.4. The molecular formula is C52H26N8O15S4. The molecule has 0 saturated heterocycles. The van der Waals surface area contributed by atoms with Crippen molar-refractivity contribution in [2.24, 2.45) is 0 Å². The fraction of sp³-hybridized carbons (Fsp3) is 0.0192. The van der Waals surface area contributed by atoms with Crippen molar-refractivity contribution in [2.45, 2.75) is 26.1 Å². The number of hydrogen-bond donors (Lipinski definition) is 4. The van der Waals surface area contributed by atoms with Crippen LogP contribution in [0.15, 0.2) is 155 Å². The summed E-state index contributed by atoms with van der Waals surface area (Å²) in [5, 5.41) is 17.8. The van der Waals surface area contributed by atoms with Crippen molar-refractivity contribution in [3.8, 4) is 11.4 Å². The Kier molecular flexibility index (Phi) is 9.52. The second-order valence-electron chi connectivity index (χ2n) is 18.8. The van der Waals surface area contributed by atoms with Crippen molar-refractivity contribution >= 4 is 157 Å². The van der Waals surface area contributed by atoms with Crippen LogP contribution in [0.2, 0.25) is 0 Å². The Bertz CT molecular complexity index is 5890. The van der Waals surface area contributed by atoms with Gasteiger partial charge in [-0.05, 0) is 126 Å². The first-order valence-electron chi connectivity index (χ1n) is 23.3. The zero-order chi connectivity index (χ0) is 54.5. The van der Waals surface area contributed by atoms with Crippen LogP contribution in [0.4, 0.5) is 0 Å². The van der Waals surface area contributed by atoms with E-state index in [2.05, 4.69) is 19.3 Å². The highest BCUT2D eigenvalue weighted by atomic mass is 32.2. The predicted molar refractivity (Wildman–Crippen MR) is 289 cm³/mol. The van der Waals surface area contributed by atoms with Crippen molar-refractivity contribution in [2.75, 3.05) is 0 Å². The van der Waals surface area contributed by atoms with Crippen LogP contribution in [0.1, 0.15) is 5.56 Å². The first-order chi connectivity index (χ1) is 37.8. The number of aromatic nitrogens is 8. The zero-order valence-corrected chi connectivity index (χ0v) is 42.5. The maximum Gasteiger partial charge on any atom is 0.294 e. The highest BCUT2D eigenvalue weighted by Crippen LogP contribution is 2.43. The zero-order valence-electron chi connectivity index (χ0n) is 39.2. The maximum absolute atomic E-state index is 13.9. The number of benzene rings is 8. The molecular weight excluding hydrogens is 1100 g/mol. The topological polar surface area (TPSA) is 323 Å². The molecule has 388 valence electrons. The molecule has 0 atom stereocenters. The number of hydrogen-bond acceptors (Lipinski definition) is 17. The van der Waals surface area contributed by atoms with Gasteiger partial charge < -0.3 is 4.57 Å². The van der Waals surface area contributed by atoms with Gasteiger partial charge in [-0.25, -0.2) is 25.2 Å². The number of pyridine rings is 3. The highest BCUT2D eigenvalue weighted by Gasteiger charge is 2.29. The molecule has 0 bridgehead atoms. The lowest BCUT2D eigenvalue weighted by molar-refractivity contribution is -0.432. The lowest BCUT2D eigenvalue weighted by Crippen LogP contribution is -2.16. The van der Waals surface area contributed by atoms with Gasteiger partial charge in [-0.1, -0.05) is 11.1 Å². The Morgan fingerprint density at radius 2 is 0.835 bits per heavy atom. The van der Waals surface area contributed by atoms with Gasteiger partial charge in [0.1, 0.15) is 22.8 Å². The Morgan fingerprint density at radius 1 is 0.443 bits per heavy atom. The first-order valence-corrected chi connectivity index (χ1v) is 28.3. The second-order valence-corrected chi connectivity index (χ2v) is 23.8. The minimum atomic E-state index is -4.50. The summed E-state index contributed by atoms with van der Waals surface area (Å²) in [7, 11) is -13.4. The molecule has 7 aromatic heterocycles. The summed E-state index contributed by atoms with van der Waals surface area (Å²) in [4.78, 5) is 59.8. The van der Waals surface area contributed by atoms with E-state index in [9.17, 15) is 53.3 Å². The quantitative estimate of drug-likeness (QED) is 0.0412. The molecule has 79 heavy (non-hydrogen) atoms. The average molecular weight is 1130 g/mol. The summed E-state index contributed by atoms with van der Waals surface area (Å²) in [5.41, 5.74) is 5.00. The standard InChI is InChI=1S/C26H12N4O8S2.C26H14N4O7S2/c31-25-15-5-4-14-22-16(26(32)30-20-10-12(40(34,35)36)2-8-18(20)28-24(14)30)6-3-13(21(15)22)23-27-17-7-1-11(39-38-37-33)9-19(17)29(23)25;31-26-17-4-1-12-11-29-20-9-13(38(32,33)34)2-7-18(20)27-24(29)15-5-6-16(23(17)22(12)15)25-28-19-8-3-14(39(35,36)37)10-21(19)30(25)26/h1-10,33H,(H,34,35,36);1-10H,11H2,(H,32,33,34)(H,35,36,37). The van der Waals surface area contributed by atoms with Crippen LogP contribution in [0.5, 0.6) is 0 Å². The minimum absolute atomic E-state index is 0.226. The van der Waals surface area contributed by atoms with Crippen LogP contribution in [0, 0.1) is 0 Å². The van der Waals surface area contributed by atoms with Crippen LogP contribution in [0.25, 0.3) is 126 Å². The van der Waals surface area contributed by atoms with Gasteiger partial charge in [0.25, 0.3) is 47.0 Å². The van der Waals surface area contributed by atoms with Gasteiger partial charge in [-0.3, -0.25) is 41.2 Å². The molecule has 0 spiro atoms. The fourth-order valence-electron chi connectivity index (χ4n) is 11.4. The van der Waals surface area contributed by atoms with E-state index in [-0.39, 0.29) is 36.8 Å². The van der Waals surface area contributed by atoms with Gasteiger partial charge in [0.2, 0.25) is 0 Å². The molecule has 8 aromatic carbocycles. The summed E-state index contributed by atoms with van der Waals surface area (Å²) in [6.45, 7) is 0.357. The Hall–Kier alpha value is -8.87.